The summed E-state index contributed by atoms with van der Waals surface area (Å²) in [5.74, 6) is 0.991. The molecule has 0 bridgehead atoms. The van der Waals surface area contributed by atoms with Gasteiger partial charge < -0.3 is 20.5 Å². The third-order valence-corrected chi connectivity index (χ3v) is 6.08. The minimum absolute atomic E-state index is 0. The van der Waals surface area contributed by atoms with Crippen LogP contribution in [0.5, 0.6) is 0 Å². The van der Waals surface area contributed by atoms with Crippen LogP contribution in [0.15, 0.2) is 59.7 Å². The van der Waals surface area contributed by atoms with E-state index in [1.165, 1.54) is 17.7 Å². The number of carbonyl (C=O) groups excluding carboxylic acids is 1. The van der Waals surface area contributed by atoms with Crippen LogP contribution in [0.3, 0.4) is 0 Å². The van der Waals surface area contributed by atoms with Crippen molar-refractivity contribution >= 4 is 46.7 Å². The van der Waals surface area contributed by atoms with Gasteiger partial charge in [0.1, 0.15) is 5.82 Å². The van der Waals surface area contributed by atoms with Crippen LogP contribution in [0.25, 0.3) is 10.9 Å². The first kappa shape index (κ1) is 26.0. The highest BCUT2D eigenvalue weighted by molar-refractivity contribution is 14.0. The van der Waals surface area contributed by atoms with Crippen LogP contribution in [0, 0.1) is 11.7 Å². The van der Waals surface area contributed by atoms with Crippen molar-refractivity contribution < 1.29 is 9.18 Å². The molecule has 2 heterocycles. The Balaban J connectivity index is 0.00000324. The van der Waals surface area contributed by atoms with Gasteiger partial charge in [0.25, 0.3) is 0 Å². The summed E-state index contributed by atoms with van der Waals surface area (Å²) in [5, 5.41) is 7.71. The zero-order chi connectivity index (χ0) is 23.0. The van der Waals surface area contributed by atoms with Gasteiger partial charge >= 0.3 is 0 Å². The van der Waals surface area contributed by atoms with E-state index in [4.69, 9.17) is 4.99 Å². The fourth-order valence-corrected chi connectivity index (χ4v) is 4.34. The summed E-state index contributed by atoms with van der Waals surface area (Å²) in [4.78, 5) is 22.3. The Bertz CT molecular complexity index is 1100. The molecule has 1 aliphatic heterocycles. The monoisotopic (exact) mass is 577 g/mol. The molecule has 1 fully saturated rings. The zero-order valence-corrected chi connectivity index (χ0v) is 21.8. The number of guanidine groups is 1. The Labute approximate surface area is 217 Å². The first-order chi connectivity index (χ1) is 16.1. The molecular formula is C26H33FIN5O. The molecule has 4 rings (SSSR count). The number of fused-ring (bicyclic) bond motifs is 1. The summed E-state index contributed by atoms with van der Waals surface area (Å²) in [6, 6.07) is 15.1. The largest absolute Gasteiger partial charge is 0.361 e. The highest BCUT2D eigenvalue weighted by Crippen LogP contribution is 2.20. The molecule has 6 nitrogen and oxygen atoms in total. The second kappa shape index (κ2) is 12.7. The van der Waals surface area contributed by atoms with E-state index in [0.717, 1.165) is 54.9 Å². The molecule has 3 aromatic rings. The fourth-order valence-electron chi connectivity index (χ4n) is 4.34. The van der Waals surface area contributed by atoms with Crippen molar-refractivity contribution in [3.63, 3.8) is 0 Å². The molecule has 0 spiro atoms. The van der Waals surface area contributed by atoms with E-state index in [1.54, 1.807) is 0 Å². The minimum atomic E-state index is -0.236. The molecular weight excluding hydrogens is 544 g/mol. The van der Waals surface area contributed by atoms with E-state index >= 15 is 0 Å². The molecule has 1 atom stereocenters. The minimum Gasteiger partial charge on any atom is -0.361 e. The van der Waals surface area contributed by atoms with Crippen LogP contribution in [-0.2, 0) is 17.6 Å². The molecule has 1 unspecified atom stereocenters. The molecule has 1 aromatic heterocycles. The maximum absolute atomic E-state index is 13.4. The van der Waals surface area contributed by atoms with Crippen LogP contribution in [0.2, 0.25) is 0 Å². The maximum Gasteiger partial charge on any atom is 0.223 e. The lowest BCUT2D eigenvalue weighted by Gasteiger charge is -2.16. The highest BCUT2D eigenvalue weighted by Gasteiger charge is 2.29. The zero-order valence-electron chi connectivity index (χ0n) is 19.5. The van der Waals surface area contributed by atoms with Crippen molar-refractivity contribution in [1.82, 2.24) is 20.5 Å². The number of nitrogens with one attached hydrogen (secondary N) is 3. The fraction of sp³-hybridized carbons (Fsp3) is 0.385. The van der Waals surface area contributed by atoms with Crippen molar-refractivity contribution in [1.29, 1.82) is 0 Å². The van der Waals surface area contributed by atoms with E-state index in [-0.39, 0.29) is 41.6 Å². The third kappa shape index (κ3) is 6.94. The third-order valence-electron chi connectivity index (χ3n) is 6.08. The first-order valence-electron chi connectivity index (χ1n) is 11.7. The molecule has 1 amide bonds. The van der Waals surface area contributed by atoms with Gasteiger partial charge in [0.2, 0.25) is 5.91 Å². The summed E-state index contributed by atoms with van der Waals surface area (Å²) >= 11 is 0. The van der Waals surface area contributed by atoms with Gasteiger partial charge in [-0.3, -0.25) is 9.79 Å². The second-order valence-electron chi connectivity index (χ2n) is 8.55. The molecule has 0 radical (unpaired) electrons. The summed E-state index contributed by atoms with van der Waals surface area (Å²) in [5.41, 5.74) is 3.21. The lowest BCUT2D eigenvalue weighted by molar-refractivity contribution is -0.127. The molecule has 0 aliphatic carbocycles. The molecule has 34 heavy (non-hydrogen) atoms. The number of likely N-dealkylation sites (tertiary alicyclic amines) is 1. The van der Waals surface area contributed by atoms with Crippen molar-refractivity contribution in [2.24, 2.45) is 10.9 Å². The molecule has 2 aromatic carbocycles. The van der Waals surface area contributed by atoms with Gasteiger partial charge in [0.15, 0.2) is 5.96 Å². The number of hydrogen-bond acceptors (Lipinski definition) is 2. The normalized spacial score (nSPS) is 16.1. The second-order valence-corrected chi connectivity index (χ2v) is 8.55. The average Bonchev–Trinajstić information content (AvgIpc) is 3.39. The quantitative estimate of drug-likeness (QED) is 0.204. The summed E-state index contributed by atoms with van der Waals surface area (Å²) in [6.07, 6.45) is 4.17. The van der Waals surface area contributed by atoms with Gasteiger partial charge in [-0.2, -0.15) is 0 Å². The smallest absolute Gasteiger partial charge is 0.223 e. The number of aromatic amines is 1. The van der Waals surface area contributed by atoms with Crippen LogP contribution >= 0.6 is 24.0 Å². The number of aliphatic imine (C=N–C) groups is 1. The number of rotatable bonds is 9. The lowest BCUT2D eigenvalue weighted by Crippen LogP contribution is -2.38. The number of aromatic nitrogens is 1. The number of carbonyl (C=O) groups is 1. The van der Waals surface area contributed by atoms with Crippen molar-refractivity contribution in [3.8, 4) is 0 Å². The van der Waals surface area contributed by atoms with Gasteiger partial charge in [-0.25, -0.2) is 4.39 Å². The molecule has 1 saturated heterocycles. The molecule has 3 N–H and O–H groups in total. The topological polar surface area (TPSA) is 72.5 Å². The summed E-state index contributed by atoms with van der Waals surface area (Å²) < 4.78 is 13.4. The Morgan fingerprint density at radius 1 is 1.18 bits per heavy atom. The predicted octanol–water partition coefficient (Wildman–Crippen LogP) is 4.11. The van der Waals surface area contributed by atoms with Gasteiger partial charge in [-0.05, 0) is 49.1 Å². The van der Waals surface area contributed by atoms with Crippen LogP contribution < -0.4 is 10.6 Å². The number of amides is 1. The van der Waals surface area contributed by atoms with Gasteiger partial charge in [0.05, 0.1) is 0 Å². The van der Waals surface area contributed by atoms with Gasteiger partial charge in [-0.1, -0.05) is 30.3 Å². The van der Waals surface area contributed by atoms with E-state index in [1.807, 2.05) is 42.3 Å². The van der Waals surface area contributed by atoms with Crippen molar-refractivity contribution in [2.45, 2.75) is 26.2 Å². The van der Waals surface area contributed by atoms with Crippen LogP contribution in [-0.4, -0.2) is 54.5 Å². The number of halogens is 2. The lowest BCUT2D eigenvalue weighted by atomic mass is 10.1. The molecule has 0 saturated carbocycles. The van der Waals surface area contributed by atoms with Crippen LogP contribution in [0.4, 0.5) is 4.39 Å². The summed E-state index contributed by atoms with van der Waals surface area (Å²) in [6.45, 7) is 5.66. The van der Waals surface area contributed by atoms with Gasteiger partial charge in [-0.15, -0.1) is 24.0 Å². The van der Waals surface area contributed by atoms with E-state index in [0.29, 0.717) is 19.5 Å². The molecule has 182 valence electrons. The van der Waals surface area contributed by atoms with E-state index in [9.17, 15) is 9.18 Å². The Morgan fingerprint density at radius 3 is 2.79 bits per heavy atom. The maximum atomic E-state index is 13.4. The molecule has 8 heteroatoms. The summed E-state index contributed by atoms with van der Waals surface area (Å²) in [7, 11) is 0. The predicted molar refractivity (Wildman–Crippen MR) is 146 cm³/mol. The number of nitrogens with zero attached hydrogens (tertiary/aromatic N) is 2. The first-order valence-corrected chi connectivity index (χ1v) is 11.7. The average molecular weight is 577 g/mol. The Kier molecular flexibility index (Phi) is 9.74. The Morgan fingerprint density at radius 2 is 2.00 bits per heavy atom. The van der Waals surface area contributed by atoms with Crippen LogP contribution in [0.1, 0.15) is 24.5 Å². The highest BCUT2D eigenvalue weighted by atomic mass is 127. The Hall–Kier alpha value is -2.62. The van der Waals surface area contributed by atoms with Crippen molar-refractivity contribution in [3.05, 3.63) is 71.7 Å². The number of hydrogen-bond donors (Lipinski definition) is 3. The van der Waals surface area contributed by atoms with Gasteiger partial charge in [0, 0.05) is 62.2 Å². The SMILES string of the molecule is CCNC(=NCC1CC(=O)N(CCc2ccccc2)C1)NCCc1c[nH]c2cc(F)ccc12.I. The standard InChI is InChI=1S/C26H32FN5O.HI/c1-2-28-26(29-12-10-21-17-30-24-15-22(27)8-9-23(21)24)31-16-20-14-25(33)32(18-20)13-11-19-6-4-3-5-7-19;/h3-9,15,17,20,30H,2,10-14,16,18H2,1H3,(H2,28,29,31);1H. The van der Waals surface area contributed by atoms with E-state index < -0.39 is 0 Å². The number of benzene rings is 2. The van der Waals surface area contributed by atoms with E-state index in [2.05, 4.69) is 27.8 Å². The van der Waals surface area contributed by atoms with Crippen molar-refractivity contribution in [2.75, 3.05) is 32.7 Å². The molecule has 1 aliphatic rings. The number of H-pyrrole nitrogens is 1.